The lowest BCUT2D eigenvalue weighted by Gasteiger charge is -2.19. The average Bonchev–Trinajstić information content (AvgIpc) is 2.93. The number of halogens is 1. The fourth-order valence-corrected chi connectivity index (χ4v) is 3.31. The molecular weight excluding hydrogens is 283 g/mol. The van der Waals surface area contributed by atoms with E-state index in [1.807, 2.05) is 13.0 Å². The van der Waals surface area contributed by atoms with Gasteiger partial charge in [-0.05, 0) is 49.1 Å². The van der Waals surface area contributed by atoms with Gasteiger partial charge in [0, 0.05) is 5.38 Å². The quantitative estimate of drug-likeness (QED) is 0.829. The van der Waals surface area contributed by atoms with Gasteiger partial charge in [-0.15, -0.1) is 11.3 Å². The highest BCUT2D eigenvalue weighted by molar-refractivity contribution is 7.09. The van der Waals surface area contributed by atoms with Crippen LogP contribution in [0.2, 0.25) is 0 Å². The molecule has 114 valence electrons. The van der Waals surface area contributed by atoms with E-state index in [0.29, 0.717) is 5.92 Å². The van der Waals surface area contributed by atoms with Crippen molar-refractivity contribution in [1.29, 1.82) is 0 Å². The molecule has 2 aromatic rings. The molecular formula is C17H23FN2S. The standard InChI is InChI=1S/C17H23FN2S/c1-5-8-19-16(14-9-13(18)7-6-12(14)4)17-20-15(10-21-17)11(2)3/h6-7,9-11,16,19H,5,8H2,1-4H3. The van der Waals surface area contributed by atoms with Crippen molar-refractivity contribution in [3.63, 3.8) is 0 Å². The van der Waals surface area contributed by atoms with E-state index in [4.69, 9.17) is 4.98 Å². The van der Waals surface area contributed by atoms with Crippen LogP contribution in [0.5, 0.6) is 0 Å². The Balaban J connectivity index is 2.39. The van der Waals surface area contributed by atoms with Crippen LogP contribution in [0.4, 0.5) is 4.39 Å². The zero-order valence-electron chi connectivity index (χ0n) is 13.1. The molecule has 2 nitrogen and oxygen atoms in total. The third kappa shape index (κ3) is 3.89. The van der Waals surface area contributed by atoms with Gasteiger partial charge in [0.05, 0.1) is 11.7 Å². The van der Waals surface area contributed by atoms with Gasteiger partial charge in [-0.2, -0.15) is 0 Å². The van der Waals surface area contributed by atoms with Crippen molar-refractivity contribution in [1.82, 2.24) is 10.3 Å². The normalized spacial score (nSPS) is 12.9. The Morgan fingerprint density at radius 2 is 2.10 bits per heavy atom. The molecule has 1 atom stereocenters. The van der Waals surface area contributed by atoms with E-state index in [1.165, 1.54) is 6.07 Å². The van der Waals surface area contributed by atoms with E-state index in [1.54, 1.807) is 17.4 Å². The Morgan fingerprint density at radius 1 is 1.33 bits per heavy atom. The fourth-order valence-electron chi connectivity index (χ4n) is 2.24. The first kappa shape index (κ1) is 16.1. The molecule has 0 spiro atoms. The van der Waals surface area contributed by atoms with Crippen LogP contribution >= 0.6 is 11.3 Å². The van der Waals surface area contributed by atoms with Crippen LogP contribution in [-0.2, 0) is 0 Å². The van der Waals surface area contributed by atoms with Gasteiger partial charge in [-0.1, -0.05) is 26.8 Å². The van der Waals surface area contributed by atoms with E-state index in [9.17, 15) is 4.39 Å². The van der Waals surface area contributed by atoms with Crippen LogP contribution < -0.4 is 5.32 Å². The highest BCUT2D eigenvalue weighted by atomic mass is 32.1. The summed E-state index contributed by atoms with van der Waals surface area (Å²) in [7, 11) is 0. The maximum atomic E-state index is 13.6. The molecule has 4 heteroatoms. The summed E-state index contributed by atoms with van der Waals surface area (Å²) in [5, 5.41) is 6.62. The first-order chi connectivity index (χ1) is 10.0. The summed E-state index contributed by atoms with van der Waals surface area (Å²) in [5.41, 5.74) is 3.17. The summed E-state index contributed by atoms with van der Waals surface area (Å²) in [6, 6.07) is 4.94. The second-order valence-corrected chi connectivity index (χ2v) is 6.54. The first-order valence-corrected chi connectivity index (χ1v) is 8.35. The number of aryl methyl sites for hydroxylation is 1. The lowest BCUT2D eigenvalue weighted by Crippen LogP contribution is -2.24. The van der Waals surface area contributed by atoms with Gasteiger partial charge >= 0.3 is 0 Å². The van der Waals surface area contributed by atoms with Crippen molar-refractivity contribution in [2.24, 2.45) is 0 Å². The Hall–Kier alpha value is -1.26. The van der Waals surface area contributed by atoms with E-state index in [0.717, 1.165) is 34.8 Å². The predicted molar refractivity (Wildman–Crippen MR) is 87.5 cm³/mol. The molecule has 1 aromatic carbocycles. The molecule has 0 fully saturated rings. The minimum absolute atomic E-state index is 0.0295. The van der Waals surface area contributed by atoms with Crippen LogP contribution in [-0.4, -0.2) is 11.5 Å². The highest BCUT2D eigenvalue weighted by Gasteiger charge is 2.20. The molecule has 2 rings (SSSR count). The molecule has 1 heterocycles. The number of aromatic nitrogens is 1. The monoisotopic (exact) mass is 306 g/mol. The second-order valence-electron chi connectivity index (χ2n) is 5.65. The summed E-state index contributed by atoms with van der Waals surface area (Å²) in [6.07, 6.45) is 1.03. The molecule has 0 amide bonds. The van der Waals surface area contributed by atoms with Gasteiger partial charge in [0.15, 0.2) is 0 Å². The largest absolute Gasteiger partial charge is 0.304 e. The molecule has 1 unspecified atom stereocenters. The first-order valence-electron chi connectivity index (χ1n) is 7.47. The molecule has 0 radical (unpaired) electrons. The lowest BCUT2D eigenvalue weighted by molar-refractivity contribution is 0.579. The maximum absolute atomic E-state index is 13.6. The summed E-state index contributed by atoms with van der Waals surface area (Å²) >= 11 is 1.65. The molecule has 0 aliphatic rings. The molecule has 0 saturated heterocycles. The van der Waals surface area contributed by atoms with Crippen LogP contribution in [0.25, 0.3) is 0 Å². The van der Waals surface area contributed by atoms with Crippen molar-refractivity contribution in [2.75, 3.05) is 6.54 Å². The minimum Gasteiger partial charge on any atom is -0.304 e. The van der Waals surface area contributed by atoms with Crippen molar-refractivity contribution in [3.8, 4) is 0 Å². The summed E-state index contributed by atoms with van der Waals surface area (Å²) in [4.78, 5) is 4.74. The van der Waals surface area contributed by atoms with Gasteiger partial charge in [0.1, 0.15) is 10.8 Å². The molecule has 0 aliphatic carbocycles. The van der Waals surface area contributed by atoms with Crippen LogP contribution in [0.1, 0.15) is 61.0 Å². The van der Waals surface area contributed by atoms with Crippen molar-refractivity contribution in [3.05, 3.63) is 51.2 Å². The van der Waals surface area contributed by atoms with Crippen molar-refractivity contribution >= 4 is 11.3 Å². The molecule has 1 aromatic heterocycles. The molecule has 0 bridgehead atoms. The zero-order chi connectivity index (χ0) is 15.4. The third-order valence-electron chi connectivity index (χ3n) is 3.53. The Kier molecular flexibility index (Phi) is 5.48. The van der Waals surface area contributed by atoms with Crippen molar-refractivity contribution < 1.29 is 4.39 Å². The van der Waals surface area contributed by atoms with Crippen LogP contribution in [0, 0.1) is 12.7 Å². The number of thiazole rings is 1. The van der Waals surface area contributed by atoms with E-state index >= 15 is 0 Å². The van der Waals surface area contributed by atoms with Crippen molar-refractivity contribution in [2.45, 2.75) is 46.1 Å². The molecule has 0 saturated carbocycles. The third-order valence-corrected chi connectivity index (χ3v) is 4.46. The Bertz CT molecular complexity index is 592. The smallest absolute Gasteiger partial charge is 0.123 e. The number of benzene rings is 1. The number of nitrogens with zero attached hydrogens (tertiary/aromatic N) is 1. The number of hydrogen-bond acceptors (Lipinski definition) is 3. The highest BCUT2D eigenvalue weighted by Crippen LogP contribution is 2.29. The molecule has 1 N–H and O–H groups in total. The minimum atomic E-state index is -0.195. The van der Waals surface area contributed by atoms with E-state index < -0.39 is 0 Å². The topological polar surface area (TPSA) is 24.9 Å². The van der Waals surface area contributed by atoms with Gasteiger partial charge in [-0.3, -0.25) is 0 Å². The van der Waals surface area contributed by atoms with Gasteiger partial charge < -0.3 is 5.32 Å². The van der Waals surface area contributed by atoms with E-state index in [2.05, 4.69) is 31.5 Å². The summed E-state index contributed by atoms with van der Waals surface area (Å²) < 4.78 is 13.6. The van der Waals surface area contributed by atoms with Crippen LogP contribution in [0.3, 0.4) is 0 Å². The zero-order valence-corrected chi connectivity index (χ0v) is 13.9. The fraction of sp³-hybridized carbons (Fsp3) is 0.471. The second kappa shape index (κ2) is 7.14. The molecule has 0 aliphatic heterocycles. The average molecular weight is 306 g/mol. The number of hydrogen-bond donors (Lipinski definition) is 1. The van der Waals surface area contributed by atoms with Gasteiger partial charge in [-0.25, -0.2) is 9.37 Å². The summed E-state index contributed by atoms with van der Waals surface area (Å²) in [6.45, 7) is 9.31. The number of rotatable bonds is 6. The molecule has 21 heavy (non-hydrogen) atoms. The SMILES string of the molecule is CCCNC(c1nc(C(C)C)cs1)c1cc(F)ccc1C. The maximum Gasteiger partial charge on any atom is 0.123 e. The van der Waals surface area contributed by atoms with Gasteiger partial charge in [0.25, 0.3) is 0 Å². The van der Waals surface area contributed by atoms with E-state index in [-0.39, 0.29) is 11.9 Å². The Labute approximate surface area is 130 Å². The van der Waals surface area contributed by atoms with Crippen LogP contribution in [0.15, 0.2) is 23.6 Å². The van der Waals surface area contributed by atoms with Gasteiger partial charge in [0.2, 0.25) is 0 Å². The predicted octanol–water partition coefficient (Wildman–Crippen LogP) is 4.80. The lowest BCUT2D eigenvalue weighted by atomic mass is 10.0. The number of nitrogens with one attached hydrogen (secondary N) is 1. The summed E-state index contributed by atoms with van der Waals surface area (Å²) in [5.74, 6) is 0.218. The Morgan fingerprint density at radius 3 is 2.71 bits per heavy atom.